The molecule has 0 spiro atoms. The number of amides is 1. The summed E-state index contributed by atoms with van der Waals surface area (Å²) < 4.78 is 38.0. The Kier molecular flexibility index (Phi) is 8.28. The fourth-order valence-electron chi connectivity index (χ4n) is 3.49. The molecule has 1 aliphatic heterocycles. The average Bonchev–Trinajstić information content (AvgIpc) is 2.79. The van der Waals surface area contributed by atoms with Gasteiger partial charge in [0.1, 0.15) is 0 Å². The van der Waals surface area contributed by atoms with E-state index < -0.39 is 28.5 Å². The number of para-hydroxylation sites is 1. The number of sulfonamides is 1. The SMILES string of the molecule is Cc1cccc(C(C)C)c1NC(=O)COC(=O)c1ccc(Br)c(S(=O)(=O)N2CCOCC2)c1. The van der Waals surface area contributed by atoms with Crippen molar-refractivity contribution in [3.8, 4) is 0 Å². The van der Waals surface area contributed by atoms with E-state index in [1.807, 2.05) is 39.0 Å². The lowest BCUT2D eigenvalue weighted by Gasteiger charge is -2.26. The van der Waals surface area contributed by atoms with Gasteiger partial charge in [-0.3, -0.25) is 4.79 Å². The largest absolute Gasteiger partial charge is 0.452 e. The van der Waals surface area contributed by atoms with E-state index in [2.05, 4.69) is 21.2 Å². The highest BCUT2D eigenvalue weighted by atomic mass is 79.9. The number of esters is 1. The van der Waals surface area contributed by atoms with Gasteiger partial charge in [-0.2, -0.15) is 4.31 Å². The molecular formula is C23H27BrN2O6S. The Morgan fingerprint density at radius 3 is 2.55 bits per heavy atom. The zero-order chi connectivity index (χ0) is 24.2. The van der Waals surface area contributed by atoms with Gasteiger partial charge in [0.05, 0.1) is 23.7 Å². The second-order valence-corrected chi connectivity index (χ2v) is 10.7. The molecule has 1 saturated heterocycles. The number of hydrogen-bond donors (Lipinski definition) is 1. The summed E-state index contributed by atoms with van der Waals surface area (Å²) in [5, 5.41) is 2.82. The van der Waals surface area contributed by atoms with Crippen LogP contribution in [-0.2, 0) is 24.3 Å². The molecule has 2 aromatic rings. The summed E-state index contributed by atoms with van der Waals surface area (Å²) in [5.74, 6) is -1.06. The molecule has 1 heterocycles. The van der Waals surface area contributed by atoms with Crippen molar-refractivity contribution in [1.29, 1.82) is 0 Å². The molecule has 0 aromatic heterocycles. The van der Waals surface area contributed by atoms with E-state index in [0.29, 0.717) is 23.4 Å². The zero-order valence-corrected chi connectivity index (χ0v) is 21.2. The Labute approximate surface area is 202 Å². The summed E-state index contributed by atoms with van der Waals surface area (Å²) in [6, 6.07) is 9.94. The van der Waals surface area contributed by atoms with E-state index in [9.17, 15) is 18.0 Å². The van der Waals surface area contributed by atoms with Gasteiger partial charge in [-0.1, -0.05) is 32.0 Å². The number of ether oxygens (including phenoxy) is 2. The maximum Gasteiger partial charge on any atom is 0.338 e. The maximum atomic E-state index is 13.0. The topological polar surface area (TPSA) is 102 Å². The van der Waals surface area contributed by atoms with E-state index in [0.717, 1.165) is 11.1 Å². The third-order valence-corrected chi connectivity index (χ3v) is 8.17. The first-order chi connectivity index (χ1) is 15.6. The second kappa shape index (κ2) is 10.8. The molecule has 1 fully saturated rings. The normalized spacial score (nSPS) is 14.8. The van der Waals surface area contributed by atoms with Gasteiger partial charge in [-0.05, 0) is 58.1 Å². The number of anilines is 1. The van der Waals surface area contributed by atoms with Crippen LogP contribution in [0.2, 0.25) is 0 Å². The first kappa shape index (κ1) is 25.4. The van der Waals surface area contributed by atoms with E-state index in [4.69, 9.17) is 9.47 Å². The Morgan fingerprint density at radius 2 is 1.88 bits per heavy atom. The molecule has 8 nitrogen and oxygen atoms in total. The number of rotatable bonds is 7. The quantitative estimate of drug-likeness (QED) is 0.539. The average molecular weight is 539 g/mol. The lowest BCUT2D eigenvalue weighted by Crippen LogP contribution is -2.40. The maximum absolute atomic E-state index is 13.0. The minimum absolute atomic E-state index is 0.0372. The summed E-state index contributed by atoms with van der Waals surface area (Å²) in [7, 11) is -3.82. The van der Waals surface area contributed by atoms with Crippen LogP contribution in [0.3, 0.4) is 0 Å². The van der Waals surface area contributed by atoms with Gasteiger partial charge in [-0.25, -0.2) is 13.2 Å². The first-order valence-electron chi connectivity index (χ1n) is 10.5. The van der Waals surface area contributed by atoms with Gasteiger partial charge in [0.25, 0.3) is 5.91 Å². The van der Waals surface area contributed by atoms with E-state index in [-0.39, 0.29) is 29.5 Å². The standard InChI is InChI=1S/C23H27BrN2O6S/c1-15(2)18-6-4-5-16(3)22(18)25-21(27)14-32-23(28)17-7-8-19(24)20(13-17)33(29,30)26-9-11-31-12-10-26/h4-8,13,15H,9-12,14H2,1-3H3,(H,25,27). The molecule has 0 bridgehead atoms. The lowest BCUT2D eigenvalue weighted by atomic mass is 9.98. The fourth-order valence-corrected chi connectivity index (χ4v) is 5.84. The molecule has 3 rings (SSSR count). The van der Waals surface area contributed by atoms with Crippen LogP contribution < -0.4 is 5.32 Å². The van der Waals surface area contributed by atoms with Gasteiger partial charge < -0.3 is 14.8 Å². The minimum atomic E-state index is -3.82. The van der Waals surface area contributed by atoms with Crippen LogP contribution in [0, 0.1) is 6.92 Å². The van der Waals surface area contributed by atoms with E-state index >= 15 is 0 Å². The minimum Gasteiger partial charge on any atom is -0.452 e. The summed E-state index contributed by atoms with van der Waals surface area (Å²) >= 11 is 3.25. The molecule has 0 radical (unpaired) electrons. The van der Waals surface area contributed by atoms with Crippen molar-refractivity contribution in [1.82, 2.24) is 4.31 Å². The third kappa shape index (κ3) is 6.00. The second-order valence-electron chi connectivity index (χ2n) is 7.98. The van der Waals surface area contributed by atoms with Gasteiger partial charge in [0, 0.05) is 23.2 Å². The third-order valence-electron chi connectivity index (χ3n) is 5.28. The number of hydrogen-bond acceptors (Lipinski definition) is 6. The van der Waals surface area contributed by atoms with Crippen molar-refractivity contribution in [2.45, 2.75) is 31.6 Å². The lowest BCUT2D eigenvalue weighted by molar-refractivity contribution is -0.119. The van der Waals surface area contributed by atoms with Crippen LogP contribution in [-0.4, -0.2) is 57.5 Å². The Morgan fingerprint density at radius 1 is 1.18 bits per heavy atom. The molecule has 10 heteroatoms. The first-order valence-corrected chi connectivity index (χ1v) is 12.8. The van der Waals surface area contributed by atoms with Crippen molar-refractivity contribution in [3.63, 3.8) is 0 Å². The Hall–Kier alpha value is -2.27. The number of carbonyl (C=O) groups is 2. The number of benzene rings is 2. The monoisotopic (exact) mass is 538 g/mol. The summed E-state index contributed by atoms with van der Waals surface area (Å²) in [6.07, 6.45) is 0. The van der Waals surface area contributed by atoms with Crippen molar-refractivity contribution in [2.24, 2.45) is 0 Å². The van der Waals surface area contributed by atoms with Crippen LogP contribution in [0.1, 0.15) is 41.3 Å². The van der Waals surface area contributed by atoms with E-state index in [1.165, 1.54) is 22.5 Å². The predicted molar refractivity (Wildman–Crippen MR) is 128 cm³/mol. The molecule has 178 valence electrons. The molecule has 1 aliphatic rings. The van der Waals surface area contributed by atoms with Crippen LogP contribution >= 0.6 is 15.9 Å². The molecule has 33 heavy (non-hydrogen) atoms. The molecule has 0 unspecified atom stereocenters. The summed E-state index contributed by atoms with van der Waals surface area (Å²) in [5.41, 5.74) is 2.64. The van der Waals surface area contributed by atoms with Crippen molar-refractivity contribution >= 4 is 43.5 Å². The molecule has 0 aliphatic carbocycles. The number of carbonyl (C=O) groups excluding carboxylic acids is 2. The van der Waals surface area contributed by atoms with Crippen molar-refractivity contribution in [2.75, 3.05) is 38.2 Å². The van der Waals surface area contributed by atoms with Gasteiger partial charge >= 0.3 is 5.97 Å². The highest BCUT2D eigenvalue weighted by Crippen LogP contribution is 2.28. The molecule has 1 amide bonds. The molecular weight excluding hydrogens is 512 g/mol. The molecule has 0 atom stereocenters. The zero-order valence-electron chi connectivity index (χ0n) is 18.8. The number of aryl methyl sites for hydroxylation is 1. The van der Waals surface area contributed by atoms with Gasteiger partial charge in [0.2, 0.25) is 10.0 Å². The highest BCUT2D eigenvalue weighted by Gasteiger charge is 2.29. The Bertz CT molecular complexity index is 1140. The number of morpholine rings is 1. The van der Waals surface area contributed by atoms with Crippen LogP contribution in [0.5, 0.6) is 0 Å². The van der Waals surface area contributed by atoms with Crippen LogP contribution in [0.25, 0.3) is 0 Å². The van der Waals surface area contributed by atoms with Crippen LogP contribution in [0.4, 0.5) is 5.69 Å². The van der Waals surface area contributed by atoms with Crippen molar-refractivity contribution in [3.05, 3.63) is 57.6 Å². The van der Waals surface area contributed by atoms with Gasteiger partial charge in [0.15, 0.2) is 6.61 Å². The fraction of sp³-hybridized carbons (Fsp3) is 0.391. The molecule has 1 N–H and O–H groups in total. The summed E-state index contributed by atoms with van der Waals surface area (Å²) in [6.45, 7) is 6.56. The summed E-state index contributed by atoms with van der Waals surface area (Å²) in [4.78, 5) is 25.0. The predicted octanol–water partition coefficient (Wildman–Crippen LogP) is 3.70. The number of nitrogens with one attached hydrogen (secondary N) is 1. The Balaban J connectivity index is 1.70. The number of nitrogens with zero attached hydrogens (tertiary/aromatic N) is 1. The molecule has 0 saturated carbocycles. The highest BCUT2D eigenvalue weighted by molar-refractivity contribution is 9.10. The van der Waals surface area contributed by atoms with E-state index in [1.54, 1.807) is 0 Å². The molecule has 2 aromatic carbocycles. The number of halogens is 1. The van der Waals surface area contributed by atoms with Crippen molar-refractivity contribution < 1.29 is 27.5 Å². The smallest absolute Gasteiger partial charge is 0.338 e. The van der Waals surface area contributed by atoms with Crippen LogP contribution in [0.15, 0.2) is 45.8 Å². The van der Waals surface area contributed by atoms with Gasteiger partial charge in [-0.15, -0.1) is 0 Å².